The van der Waals surface area contributed by atoms with Crippen LogP contribution >= 0.6 is 0 Å². The summed E-state index contributed by atoms with van der Waals surface area (Å²) >= 11 is 0. The van der Waals surface area contributed by atoms with Crippen molar-refractivity contribution in [1.82, 2.24) is 4.98 Å². The van der Waals surface area contributed by atoms with Gasteiger partial charge in [0.05, 0.1) is 23.7 Å². The molecule has 2 aromatic rings. The number of ether oxygens (including phenoxy) is 1. The molecule has 0 spiro atoms. The highest BCUT2D eigenvalue weighted by molar-refractivity contribution is 5.57. The number of hydrogen-bond donors (Lipinski definition) is 1. The van der Waals surface area contributed by atoms with Gasteiger partial charge in [-0.3, -0.25) is 10.1 Å². The van der Waals surface area contributed by atoms with Crippen LogP contribution in [0.5, 0.6) is 5.88 Å². The fourth-order valence-electron chi connectivity index (χ4n) is 1.71. The van der Waals surface area contributed by atoms with E-state index in [0.29, 0.717) is 18.0 Å². The number of benzene rings is 1. The van der Waals surface area contributed by atoms with Gasteiger partial charge in [0.15, 0.2) is 0 Å². The maximum Gasteiger partial charge on any atom is 0.311 e. The van der Waals surface area contributed by atoms with Crippen molar-refractivity contribution in [2.45, 2.75) is 6.54 Å². The van der Waals surface area contributed by atoms with Gasteiger partial charge in [-0.25, -0.2) is 0 Å². The van der Waals surface area contributed by atoms with Gasteiger partial charge in [0.1, 0.15) is 0 Å². The Kier molecular flexibility index (Phi) is 4.31. The zero-order chi connectivity index (χ0) is 15.2. The Labute approximate surface area is 121 Å². The molecule has 0 aliphatic rings. The number of nitrogens with zero attached hydrogens (tertiary/aromatic N) is 3. The highest BCUT2D eigenvalue weighted by atomic mass is 16.6. The number of methoxy groups -OCH3 is 1. The highest BCUT2D eigenvalue weighted by Gasteiger charge is 2.16. The summed E-state index contributed by atoms with van der Waals surface area (Å²) in [6.45, 7) is 0.354. The standard InChI is InChI=1S/C14H12N4O3/c1-21-13-7-6-12(18(19)20)14(17-13)16-9-11-4-2-10(8-15)3-5-11/h2-7H,9H2,1H3,(H,16,17). The first-order valence-electron chi connectivity index (χ1n) is 6.06. The van der Waals surface area contributed by atoms with E-state index in [0.717, 1.165) is 5.56 Å². The predicted octanol–water partition coefficient (Wildman–Crippen LogP) is 2.48. The second-order valence-corrected chi connectivity index (χ2v) is 4.14. The van der Waals surface area contributed by atoms with Crippen molar-refractivity contribution in [3.63, 3.8) is 0 Å². The van der Waals surface area contributed by atoms with Crippen molar-refractivity contribution in [3.8, 4) is 11.9 Å². The molecule has 0 saturated carbocycles. The molecule has 0 radical (unpaired) electrons. The third-order valence-corrected chi connectivity index (χ3v) is 2.80. The number of nitriles is 1. The fraction of sp³-hybridized carbons (Fsp3) is 0.143. The lowest BCUT2D eigenvalue weighted by Crippen LogP contribution is -2.05. The highest BCUT2D eigenvalue weighted by Crippen LogP contribution is 2.25. The minimum Gasteiger partial charge on any atom is -0.481 e. The molecule has 0 bridgehead atoms. The first-order chi connectivity index (χ1) is 10.1. The summed E-state index contributed by atoms with van der Waals surface area (Å²) in [5.74, 6) is 0.437. The Morgan fingerprint density at radius 1 is 1.33 bits per heavy atom. The lowest BCUT2D eigenvalue weighted by atomic mass is 10.1. The molecule has 106 valence electrons. The summed E-state index contributed by atoms with van der Waals surface area (Å²) < 4.78 is 4.96. The third kappa shape index (κ3) is 3.45. The Hall–Kier alpha value is -3.14. The average Bonchev–Trinajstić information content (AvgIpc) is 2.52. The van der Waals surface area contributed by atoms with E-state index in [1.165, 1.54) is 19.2 Å². The van der Waals surface area contributed by atoms with Gasteiger partial charge in [0.25, 0.3) is 0 Å². The summed E-state index contributed by atoms with van der Waals surface area (Å²) in [5, 5.41) is 22.6. The smallest absolute Gasteiger partial charge is 0.311 e. The molecular formula is C14H12N4O3. The third-order valence-electron chi connectivity index (χ3n) is 2.80. The summed E-state index contributed by atoms with van der Waals surface area (Å²) in [6, 6.07) is 11.7. The van der Waals surface area contributed by atoms with Gasteiger partial charge in [0, 0.05) is 18.7 Å². The molecule has 7 heteroatoms. The van der Waals surface area contributed by atoms with Crippen LogP contribution in [-0.4, -0.2) is 17.0 Å². The largest absolute Gasteiger partial charge is 0.481 e. The molecule has 1 heterocycles. The summed E-state index contributed by atoms with van der Waals surface area (Å²) in [6.07, 6.45) is 0. The number of rotatable bonds is 5. The van der Waals surface area contributed by atoms with E-state index in [1.54, 1.807) is 24.3 Å². The lowest BCUT2D eigenvalue weighted by Gasteiger charge is -2.08. The number of nitro groups is 1. The van der Waals surface area contributed by atoms with Crippen LogP contribution in [0.15, 0.2) is 36.4 Å². The van der Waals surface area contributed by atoms with Crippen molar-refractivity contribution >= 4 is 11.5 Å². The molecule has 0 aliphatic carbocycles. The molecule has 0 fully saturated rings. The molecule has 0 amide bonds. The zero-order valence-electron chi connectivity index (χ0n) is 11.2. The van der Waals surface area contributed by atoms with E-state index in [4.69, 9.17) is 10.00 Å². The topological polar surface area (TPSA) is 101 Å². The van der Waals surface area contributed by atoms with Crippen LogP contribution in [0.1, 0.15) is 11.1 Å². The maximum atomic E-state index is 11.0. The second-order valence-electron chi connectivity index (χ2n) is 4.14. The van der Waals surface area contributed by atoms with E-state index in [2.05, 4.69) is 10.3 Å². The zero-order valence-corrected chi connectivity index (χ0v) is 11.2. The first kappa shape index (κ1) is 14.3. The van der Waals surface area contributed by atoms with Crippen molar-refractivity contribution in [2.75, 3.05) is 12.4 Å². The van der Waals surface area contributed by atoms with Crippen molar-refractivity contribution < 1.29 is 9.66 Å². The van der Waals surface area contributed by atoms with Gasteiger partial charge in [-0.15, -0.1) is 0 Å². The SMILES string of the molecule is COc1ccc([N+](=O)[O-])c(NCc2ccc(C#N)cc2)n1. The second kappa shape index (κ2) is 6.34. The fourth-order valence-corrected chi connectivity index (χ4v) is 1.71. The monoisotopic (exact) mass is 284 g/mol. The van der Waals surface area contributed by atoms with Crippen molar-refractivity contribution in [3.05, 3.63) is 57.6 Å². The number of aromatic nitrogens is 1. The summed E-state index contributed by atoms with van der Waals surface area (Å²) in [7, 11) is 1.44. The Morgan fingerprint density at radius 3 is 2.62 bits per heavy atom. The molecule has 1 aromatic heterocycles. The first-order valence-corrected chi connectivity index (χ1v) is 6.06. The Morgan fingerprint density at radius 2 is 2.05 bits per heavy atom. The van der Waals surface area contributed by atoms with Crippen LogP contribution in [-0.2, 0) is 6.54 Å². The Balaban J connectivity index is 2.17. The molecule has 0 saturated heterocycles. The maximum absolute atomic E-state index is 11.0. The van der Waals surface area contributed by atoms with Crippen molar-refractivity contribution in [2.24, 2.45) is 0 Å². The normalized spacial score (nSPS) is 9.71. The lowest BCUT2D eigenvalue weighted by molar-refractivity contribution is -0.384. The van der Waals surface area contributed by atoms with Crippen LogP contribution in [0.4, 0.5) is 11.5 Å². The molecule has 1 aromatic carbocycles. The summed E-state index contributed by atoms with van der Waals surface area (Å²) in [5.41, 5.74) is 1.32. The predicted molar refractivity (Wildman–Crippen MR) is 75.9 cm³/mol. The van der Waals surface area contributed by atoms with Crippen LogP contribution in [0.3, 0.4) is 0 Å². The van der Waals surface area contributed by atoms with E-state index >= 15 is 0 Å². The molecule has 7 nitrogen and oxygen atoms in total. The Bertz CT molecular complexity index is 692. The molecule has 1 N–H and O–H groups in total. The van der Waals surface area contributed by atoms with Crippen molar-refractivity contribution in [1.29, 1.82) is 5.26 Å². The van der Waals surface area contributed by atoms with E-state index in [9.17, 15) is 10.1 Å². The van der Waals surface area contributed by atoms with Gasteiger partial charge >= 0.3 is 5.69 Å². The van der Waals surface area contributed by atoms with Crippen LogP contribution < -0.4 is 10.1 Å². The minimum atomic E-state index is -0.506. The molecular weight excluding hydrogens is 272 g/mol. The number of pyridine rings is 1. The van der Waals surface area contributed by atoms with Crippen LogP contribution in [0, 0.1) is 21.4 Å². The van der Waals surface area contributed by atoms with E-state index in [1.807, 2.05) is 6.07 Å². The van der Waals surface area contributed by atoms with Gasteiger partial charge in [-0.1, -0.05) is 12.1 Å². The van der Waals surface area contributed by atoms with Gasteiger partial charge in [0.2, 0.25) is 11.7 Å². The summed E-state index contributed by atoms with van der Waals surface area (Å²) in [4.78, 5) is 14.5. The molecule has 0 aliphatic heterocycles. The number of anilines is 1. The molecule has 2 rings (SSSR count). The van der Waals surface area contributed by atoms with Gasteiger partial charge < -0.3 is 10.1 Å². The molecule has 0 atom stereocenters. The van der Waals surface area contributed by atoms with Crippen LogP contribution in [0.25, 0.3) is 0 Å². The average molecular weight is 284 g/mol. The van der Waals surface area contributed by atoms with E-state index < -0.39 is 4.92 Å². The number of hydrogen-bond acceptors (Lipinski definition) is 6. The quantitative estimate of drug-likeness (QED) is 0.668. The van der Waals surface area contributed by atoms with Gasteiger partial charge in [-0.2, -0.15) is 10.2 Å². The van der Waals surface area contributed by atoms with Crippen LogP contribution in [0.2, 0.25) is 0 Å². The van der Waals surface area contributed by atoms with E-state index in [-0.39, 0.29) is 11.5 Å². The minimum absolute atomic E-state index is 0.121. The number of nitrogens with one attached hydrogen (secondary N) is 1. The molecule has 21 heavy (non-hydrogen) atoms. The molecule has 0 unspecified atom stereocenters. The van der Waals surface area contributed by atoms with Gasteiger partial charge in [-0.05, 0) is 17.7 Å².